The molecule has 0 spiro atoms. The summed E-state index contributed by atoms with van der Waals surface area (Å²) in [5, 5.41) is 29.4. The maximum absolute atomic E-state index is 13.9. The number of anilines is 1. The van der Waals surface area contributed by atoms with Crippen molar-refractivity contribution in [2.75, 3.05) is 4.90 Å². The fraction of sp³-hybridized carbons (Fsp3) is 0.241. The number of hydrogen-bond donors (Lipinski definition) is 3. The van der Waals surface area contributed by atoms with Crippen molar-refractivity contribution in [1.29, 1.82) is 0 Å². The molecule has 196 valence electrons. The van der Waals surface area contributed by atoms with Gasteiger partial charge in [-0.1, -0.05) is 41.4 Å². The summed E-state index contributed by atoms with van der Waals surface area (Å²) in [6.45, 7) is 1.59. The van der Waals surface area contributed by atoms with Crippen LogP contribution in [0.1, 0.15) is 31.2 Å². The van der Waals surface area contributed by atoms with Crippen LogP contribution < -0.4 is 10.4 Å². The fourth-order valence-electron chi connectivity index (χ4n) is 6.55. The lowest BCUT2D eigenvalue weighted by Crippen LogP contribution is -2.40. The van der Waals surface area contributed by atoms with Crippen molar-refractivity contribution in [2.24, 2.45) is 17.8 Å². The third kappa shape index (κ3) is 3.84. The topological polar surface area (TPSA) is 132 Å². The highest BCUT2D eigenvalue weighted by atomic mass is 35.5. The highest BCUT2D eigenvalue weighted by Crippen LogP contribution is 2.56. The van der Waals surface area contributed by atoms with Crippen molar-refractivity contribution in [3.63, 3.8) is 0 Å². The standard InChI is InChI=1S/C29H23BClNO7/c1-13-9-23(34)21-12-20-17(24(26(21)27(13)35)18-6-5-16(33)11-22(18)31)7-8-19-25(20)29(37)32(28(19)36)15-4-2-3-14(10-15)30(38)39/h2-7,9-11,19-20,24-25,33,38-39H,8,12H2,1H3/t19-,20+,24+,25-/m0/s1. The molecule has 2 aromatic carbocycles. The molecule has 1 saturated heterocycles. The first-order valence-electron chi connectivity index (χ1n) is 12.6. The minimum Gasteiger partial charge on any atom is -0.508 e. The highest BCUT2D eigenvalue weighted by molar-refractivity contribution is 6.58. The Labute approximate surface area is 229 Å². The number of Topliss-reactive ketones (excluding diaryl/α,β-unsaturated/α-hetero) is 1. The zero-order valence-corrected chi connectivity index (χ0v) is 21.6. The third-order valence-electron chi connectivity index (χ3n) is 8.29. The Bertz CT molecular complexity index is 1590. The lowest BCUT2D eigenvalue weighted by molar-refractivity contribution is -0.123. The average Bonchev–Trinajstić information content (AvgIpc) is 3.16. The predicted octanol–water partition coefficient (Wildman–Crippen LogP) is 2.36. The minimum atomic E-state index is -1.76. The van der Waals surface area contributed by atoms with Gasteiger partial charge in [0.2, 0.25) is 11.8 Å². The molecular formula is C29H23BClNO7. The van der Waals surface area contributed by atoms with E-state index in [0.29, 0.717) is 22.3 Å². The number of amides is 2. The van der Waals surface area contributed by atoms with E-state index in [1.54, 1.807) is 19.1 Å². The van der Waals surface area contributed by atoms with E-state index in [1.807, 2.05) is 6.08 Å². The predicted molar refractivity (Wildman–Crippen MR) is 143 cm³/mol. The molecule has 8 nitrogen and oxygen atoms in total. The van der Waals surface area contributed by atoms with Gasteiger partial charge in [0, 0.05) is 27.7 Å². The summed E-state index contributed by atoms with van der Waals surface area (Å²) in [7, 11) is -1.76. The van der Waals surface area contributed by atoms with E-state index >= 15 is 0 Å². The summed E-state index contributed by atoms with van der Waals surface area (Å²) < 4.78 is 0. The molecule has 4 atom stereocenters. The molecule has 1 heterocycles. The Morgan fingerprint density at radius 1 is 1.00 bits per heavy atom. The largest absolute Gasteiger partial charge is 0.508 e. The van der Waals surface area contributed by atoms with Gasteiger partial charge in [0.25, 0.3) is 0 Å². The summed E-state index contributed by atoms with van der Waals surface area (Å²) in [5.41, 5.74) is 2.62. The van der Waals surface area contributed by atoms with Crippen LogP contribution in [0.2, 0.25) is 5.02 Å². The van der Waals surface area contributed by atoms with Crippen LogP contribution in [0, 0.1) is 17.8 Å². The number of phenols is 1. The molecule has 3 aliphatic carbocycles. The molecule has 39 heavy (non-hydrogen) atoms. The summed E-state index contributed by atoms with van der Waals surface area (Å²) >= 11 is 6.56. The maximum Gasteiger partial charge on any atom is 0.488 e. The Morgan fingerprint density at radius 2 is 1.77 bits per heavy atom. The number of carbonyl (C=O) groups is 4. The van der Waals surface area contributed by atoms with E-state index in [-0.39, 0.29) is 46.3 Å². The summed E-state index contributed by atoms with van der Waals surface area (Å²) in [5.74, 6) is -4.14. The van der Waals surface area contributed by atoms with Gasteiger partial charge in [0.15, 0.2) is 11.6 Å². The molecule has 2 amide bonds. The van der Waals surface area contributed by atoms with Crippen molar-refractivity contribution in [3.05, 3.63) is 87.5 Å². The van der Waals surface area contributed by atoms with Crippen molar-refractivity contribution < 1.29 is 34.3 Å². The number of ketones is 2. The number of hydrogen-bond acceptors (Lipinski definition) is 7. The highest BCUT2D eigenvalue weighted by Gasteiger charge is 2.56. The average molecular weight is 544 g/mol. The molecule has 0 unspecified atom stereocenters. The van der Waals surface area contributed by atoms with Gasteiger partial charge in [-0.3, -0.25) is 24.1 Å². The number of carbonyl (C=O) groups excluding carboxylic acids is 4. The zero-order valence-electron chi connectivity index (χ0n) is 20.8. The number of phenolic OH excluding ortho intramolecular Hbond substituents is 1. The van der Waals surface area contributed by atoms with E-state index in [0.717, 1.165) is 10.5 Å². The number of allylic oxidation sites excluding steroid dienone is 6. The first kappa shape index (κ1) is 25.5. The minimum absolute atomic E-state index is 0.0486. The molecule has 2 aromatic rings. The van der Waals surface area contributed by atoms with Gasteiger partial charge in [-0.2, -0.15) is 0 Å². The Hall–Kier alpha value is -3.79. The fourth-order valence-corrected chi connectivity index (χ4v) is 6.83. The van der Waals surface area contributed by atoms with Crippen LogP contribution in [0.3, 0.4) is 0 Å². The number of aromatic hydroxyl groups is 1. The monoisotopic (exact) mass is 543 g/mol. The molecule has 1 aliphatic heterocycles. The Balaban J connectivity index is 1.48. The first-order chi connectivity index (χ1) is 18.6. The third-order valence-corrected chi connectivity index (χ3v) is 8.61. The summed E-state index contributed by atoms with van der Waals surface area (Å²) in [4.78, 5) is 55.2. The molecule has 0 aromatic heterocycles. The van der Waals surface area contributed by atoms with Crippen LogP contribution in [0.4, 0.5) is 5.69 Å². The van der Waals surface area contributed by atoms with Crippen LogP contribution >= 0.6 is 11.6 Å². The van der Waals surface area contributed by atoms with Crippen molar-refractivity contribution >= 4 is 53.3 Å². The van der Waals surface area contributed by atoms with Crippen LogP contribution in [-0.4, -0.2) is 45.7 Å². The van der Waals surface area contributed by atoms with Gasteiger partial charge in [0.1, 0.15) is 5.75 Å². The smallest absolute Gasteiger partial charge is 0.488 e. The Morgan fingerprint density at radius 3 is 2.49 bits per heavy atom. The van der Waals surface area contributed by atoms with Crippen molar-refractivity contribution in [2.45, 2.75) is 25.7 Å². The SMILES string of the molecule is CC1=CC(=O)C2=C(C1=O)[C@@H](c1ccc(O)cc1Cl)C1=CC[C@@H]3C(=O)N(c4cccc(B(O)O)c4)C(=O)[C@@H]3[C@@H]1C2. The number of fused-ring (bicyclic) bond motifs is 3. The van der Waals surface area contributed by atoms with E-state index < -0.39 is 42.6 Å². The summed E-state index contributed by atoms with van der Waals surface area (Å²) in [6.07, 6.45) is 3.58. The van der Waals surface area contributed by atoms with E-state index in [4.69, 9.17) is 11.6 Å². The number of benzene rings is 2. The van der Waals surface area contributed by atoms with Crippen molar-refractivity contribution in [1.82, 2.24) is 0 Å². The van der Waals surface area contributed by atoms with E-state index in [9.17, 15) is 34.3 Å². The molecule has 1 fully saturated rings. The van der Waals surface area contributed by atoms with Crippen LogP contribution in [0.25, 0.3) is 0 Å². The number of imide groups is 1. The maximum atomic E-state index is 13.9. The molecule has 4 aliphatic rings. The molecule has 3 N–H and O–H groups in total. The Kier molecular flexibility index (Phi) is 5.98. The van der Waals surface area contributed by atoms with Gasteiger partial charge >= 0.3 is 7.12 Å². The number of nitrogens with zero attached hydrogens (tertiary/aromatic N) is 1. The van der Waals surface area contributed by atoms with Crippen LogP contribution in [-0.2, 0) is 19.2 Å². The van der Waals surface area contributed by atoms with Crippen LogP contribution in [0.5, 0.6) is 5.75 Å². The molecular weight excluding hydrogens is 521 g/mol. The lowest BCUT2D eigenvalue weighted by Gasteiger charge is -2.42. The zero-order chi connectivity index (χ0) is 27.7. The second kappa shape index (κ2) is 9.15. The quantitative estimate of drug-likeness (QED) is 0.234. The second-order valence-corrected chi connectivity index (χ2v) is 10.8. The van der Waals surface area contributed by atoms with Gasteiger partial charge < -0.3 is 15.2 Å². The van der Waals surface area contributed by atoms with E-state index in [1.165, 1.54) is 36.4 Å². The van der Waals surface area contributed by atoms with Gasteiger partial charge in [-0.25, -0.2) is 0 Å². The second-order valence-electron chi connectivity index (χ2n) is 10.4. The molecule has 0 radical (unpaired) electrons. The lowest BCUT2D eigenvalue weighted by atomic mass is 9.59. The van der Waals surface area contributed by atoms with Gasteiger partial charge in [0.05, 0.1) is 17.5 Å². The first-order valence-corrected chi connectivity index (χ1v) is 13.0. The number of halogens is 1. The van der Waals surface area contributed by atoms with E-state index in [2.05, 4.69) is 0 Å². The molecule has 10 heteroatoms. The van der Waals surface area contributed by atoms with Crippen molar-refractivity contribution in [3.8, 4) is 5.75 Å². The van der Waals surface area contributed by atoms with Crippen LogP contribution in [0.15, 0.2) is 76.9 Å². The molecule has 0 saturated carbocycles. The van der Waals surface area contributed by atoms with Gasteiger partial charge in [-0.05, 0) is 67.1 Å². The molecule has 6 rings (SSSR count). The molecule has 0 bridgehead atoms. The normalized spacial score (nSPS) is 26.2. The van der Waals surface area contributed by atoms with Gasteiger partial charge in [-0.15, -0.1) is 0 Å². The summed E-state index contributed by atoms with van der Waals surface area (Å²) in [6, 6.07) is 10.4. The number of rotatable bonds is 3.